The molecule has 0 fully saturated rings. The molecular weight excluding hydrogens is 378 g/mol. The molecule has 0 aliphatic heterocycles. The fourth-order valence-electron chi connectivity index (χ4n) is 3.31. The molecule has 5 nitrogen and oxygen atoms in total. The fraction of sp³-hybridized carbons (Fsp3) is 0.920. The summed E-state index contributed by atoms with van der Waals surface area (Å²) in [6, 6.07) is -0.679. The van der Waals surface area contributed by atoms with Gasteiger partial charge in [0.25, 0.3) is 0 Å². The highest BCUT2D eigenvalue weighted by Crippen LogP contribution is 2.13. The van der Waals surface area contributed by atoms with Crippen LogP contribution in [0.2, 0.25) is 0 Å². The van der Waals surface area contributed by atoms with Crippen molar-refractivity contribution >= 4 is 12.1 Å². The average molecular weight is 428 g/mol. The van der Waals surface area contributed by atoms with Crippen LogP contribution in [0.1, 0.15) is 125 Å². The second-order valence-electron chi connectivity index (χ2n) is 9.78. The molecule has 0 spiro atoms. The van der Waals surface area contributed by atoms with Crippen LogP contribution in [-0.2, 0) is 14.3 Å². The Balaban J connectivity index is 3.73. The zero-order chi connectivity index (χ0) is 22.8. The Morgan fingerprint density at radius 3 is 1.60 bits per heavy atom. The number of ether oxygens (including phenoxy) is 2. The van der Waals surface area contributed by atoms with Gasteiger partial charge < -0.3 is 14.8 Å². The number of carbonyl (C=O) groups excluding carboxylic acids is 2. The average Bonchev–Trinajstić information content (AvgIpc) is 2.64. The van der Waals surface area contributed by atoms with E-state index < -0.39 is 17.7 Å². The second-order valence-corrected chi connectivity index (χ2v) is 9.78. The molecule has 0 heterocycles. The van der Waals surface area contributed by atoms with Gasteiger partial charge in [0.1, 0.15) is 11.6 Å². The molecule has 0 saturated carbocycles. The van der Waals surface area contributed by atoms with E-state index in [0.29, 0.717) is 6.61 Å². The highest BCUT2D eigenvalue weighted by Gasteiger charge is 2.28. The number of unbranched alkanes of at least 4 members (excludes halogenated alkanes) is 12. The fourth-order valence-corrected chi connectivity index (χ4v) is 3.31. The molecule has 178 valence electrons. The minimum absolute atomic E-state index is 0.0586. The molecule has 1 unspecified atom stereocenters. The zero-order valence-electron chi connectivity index (χ0n) is 20.7. The molecule has 30 heavy (non-hydrogen) atoms. The van der Waals surface area contributed by atoms with Crippen LogP contribution >= 0.6 is 0 Å². The maximum atomic E-state index is 12.3. The topological polar surface area (TPSA) is 64.6 Å². The zero-order valence-corrected chi connectivity index (χ0v) is 20.7. The Labute approximate surface area is 186 Å². The molecule has 0 rings (SSSR count). The lowest BCUT2D eigenvalue weighted by Gasteiger charge is -2.24. The van der Waals surface area contributed by atoms with Crippen LogP contribution in [-0.4, -0.2) is 30.3 Å². The molecule has 0 aromatic heterocycles. The third-order valence-electron chi connectivity index (χ3n) is 5.09. The molecule has 1 N–H and O–H groups in total. The summed E-state index contributed by atoms with van der Waals surface area (Å²) in [5.41, 5.74) is -0.593. The number of esters is 1. The number of hydrogen-bond acceptors (Lipinski definition) is 4. The van der Waals surface area contributed by atoms with Crippen molar-refractivity contribution < 1.29 is 19.1 Å². The Morgan fingerprint density at radius 1 is 0.767 bits per heavy atom. The highest BCUT2D eigenvalue weighted by atomic mass is 16.6. The molecule has 0 aromatic carbocycles. The minimum Gasteiger partial charge on any atom is -0.464 e. The lowest BCUT2D eigenvalue weighted by molar-refractivity contribution is -0.147. The molecule has 1 atom stereocenters. The highest BCUT2D eigenvalue weighted by molar-refractivity contribution is 5.81. The summed E-state index contributed by atoms with van der Waals surface area (Å²) in [5.74, 6) is -0.438. The van der Waals surface area contributed by atoms with Gasteiger partial charge >= 0.3 is 12.1 Å². The van der Waals surface area contributed by atoms with E-state index in [1.807, 2.05) is 13.8 Å². The summed E-state index contributed by atoms with van der Waals surface area (Å²) in [6.07, 6.45) is 16.1. The van der Waals surface area contributed by atoms with Crippen LogP contribution < -0.4 is 5.32 Å². The number of carbonyl (C=O) groups is 2. The molecule has 0 aliphatic rings. The summed E-state index contributed by atoms with van der Waals surface area (Å²) in [6.45, 7) is 11.8. The molecule has 0 saturated heterocycles. The predicted octanol–water partition coefficient (Wildman–Crippen LogP) is 7.17. The van der Waals surface area contributed by atoms with Crippen molar-refractivity contribution in [3.8, 4) is 0 Å². The molecule has 0 radical (unpaired) electrons. The Hall–Kier alpha value is -1.26. The van der Waals surface area contributed by atoms with Crippen LogP contribution in [0, 0.1) is 5.92 Å². The molecule has 0 bridgehead atoms. The van der Waals surface area contributed by atoms with Gasteiger partial charge in [-0.25, -0.2) is 9.59 Å². The van der Waals surface area contributed by atoms with E-state index in [2.05, 4.69) is 12.2 Å². The molecule has 0 aliphatic carbocycles. The lowest BCUT2D eigenvalue weighted by atomic mass is 10.0. The maximum Gasteiger partial charge on any atom is 0.408 e. The van der Waals surface area contributed by atoms with Crippen LogP contribution in [0.25, 0.3) is 0 Å². The smallest absolute Gasteiger partial charge is 0.408 e. The molecule has 5 heteroatoms. The van der Waals surface area contributed by atoms with Crippen molar-refractivity contribution in [3.05, 3.63) is 0 Å². The van der Waals surface area contributed by atoms with E-state index in [1.54, 1.807) is 20.8 Å². The first kappa shape index (κ1) is 28.7. The van der Waals surface area contributed by atoms with E-state index in [-0.39, 0.29) is 11.9 Å². The van der Waals surface area contributed by atoms with Gasteiger partial charge in [-0.2, -0.15) is 0 Å². The molecular formula is C25H49NO4. The van der Waals surface area contributed by atoms with E-state index in [9.17, 15) is 9.59 Å². The monoisotopic (exact) mass is 427 g/mol. The Kier molecular flexibility index (Phi) is 16.7. The standard InChI is InChI=1S/C25H49NO4/c1-7-8-9-10-11-12-13-14-15-16-17-18-19-20-29-23(27)22(21(2)3)26-24(28)30-25(4,5)6/h21-22H,7-20H2,1-6H3,(H,26,28). The third-order valence-corrected chi connectivity index (χ3v) is 5.09. The van der Waals surface area contributed by atoms with Crippen molar-refractivity contribution in [2.45, 2.75) is 137 Å². The van der Waals surface area contributed by atoms with Crippen molar-refractivity contribution in [1.29, 1.82) is 0 Å². The van der Waals surface area contributed by atoms with Crippen molar-refractivity contribution in [2.75, 3.05) is 6.61 Å². The van der Waals surface area contributed by atoms with Gasteiger partial charge in [0.15, 0.2) is 0 Å². The van der Waals surface area contributed by atoms with Crippen LogP contribution in [0.4, 0.5) is 4.79 Å². The summed E-state index contributed by atoms with van der Waals surface area (Å²) >= 11 is 0. The number of hydrogen-bond donors (Lipinski definition) is 1. The summed E-state index contributed by atoms with van der Waals surface area (Å²) in [4.78, 5) is 24.3. The Bertz CT molecular complexity index is 443. The number of rotatable bonds is 17. The largest absolute Gasteiger partial charge is 0.464 e. The van der Waals surface area contributed by atoms with E-state index in [0.717, 1.165) is 12.8 Å². The summed E-state index contributed by atoms with van der Waals surface area (Å²) in [7, 11) is 0. The first-order valence-electron chi connectivity index (χ1n) is 12.3. The number of amides is 1. The number of nitrogens with one attached hydrogen (secondary N) is 1. The van der Waals surface area contributed by atoms with E-state index in [4.69, 9.17) is 9.47 Å². The van der Waals surface area contributed by atoms with Crippen molar-refractivity contribution in [2.24, 2.45) is 5.92 Å². The quantitative estimate of drug-likeness (QED) is 0.197. The summed E-state index contributed by atoms with van der Waals surface area (Å²) in [5, 5.41) is 2.64. The van der Waals surface area contributed by atoms with Gasteiger partial charge in [0.05, 0.1) is 6.61 Å². The van der Waals surface area contributed by atoms with Crippen LogP contribution in [0.3, 0.4) is 0 Å². The predicted molar refractivity (Wildman–Crippen MR) is 125 cm³/mol. The Morgan fingerprint density at radius 2 is 1.20 bits per heavy atom. The first-order valence-corrected chi connectivity index (χ1v) is 12.3. The first-order chi connectivity index (χ1) is 14.2. The third kappa shape index (κ3) is 17.6. The van der Waals surface area contributed by atoms with E-state index in [1.165, 1.54) is 70.6 Å². The van der Waals surface area contributed by atoms with Gasteiger partial charge in [0.2, 0.25) is 0 Å². The van der Waals surface area contributed by atoms with Crippen molar-refractivity contribution in [3.63, 3.8) is 0 Å². The minimum atomic E-state index is -0.679. The van der Waals surface area contributed by atoms with Gasteiger partial charge in [-0.15, -0.1) is 0 Å². The second kappa shape index (κ2) is 17.4. The van der Waals surface area contributed by atoms with Gasteiger partial charge in [-0.1, -0.05) is 97.8 Å². The number of alkyl carbamates (subject to hydrolysis) is 1. The van der Waals surface area contributed by atoms with Gasteiger partial charge in [-0.05, 0) is 33.1 Å². The molecule has 0 aromatic rings. The summed E-state index contributed by atoms with van der Waals surface area (Å²) < 4.78 is 10.6. The van der Waals surface area contributed by atoms with Crippen LogP contribution in [0.5, 0.6) is 0 Å². The maximum absolute atomic E-state index is 12.3. The normalized spacial score (nSPS) is 12.6. The van der Waals surface area contributed by atoms with Gasteiger partial charge in [-0.3, -0.25) is 0 Å². The van der Waals surface area contributed by atoms with Crippen LogP contribution in [0.15, 0.2) is 0 Å². The SMILES string of the molecule is CCCCCCCCCCCCCCCOC(=O)C(NC(=O)OC(C)(C)C)C(C)C. The lowest BCUT2D eigenvalue weighted by Crippen LogP contribution is -2.47. The van der Waals surface area contributed by atoms with Gasteiger partial charge in [0, 0.05) is 0 Å². The molecule has 1 amide bonds. The van der Waals surface area contributed by atoms with Crippen molar-refractivity contribution in [1.82, 2.24) is 5.32 Å². The van der Waals surface area contributed by atoms with E-state index >= 15 is 0 Å².